The number of carbonyl (C=O) groups excluding carboxylic acids is 1. The van der Waals surface area contributed by atoms with Gasteiger partial charge in [-0.05, 0) is 66.6 Å². The summed E-state index contributed by atoms with van der Waals surface area (Å²) in [4.78, 5) is 12.9. The Morgan fingerprint density at radius 3 is 2.33 bits per heavy atom. The Labute approximate surface area is 276 Å². The van der Waals surface area contributed by atoms with Crippen LogP contribution in [0, 0.1) is 12.8 Å². The first-order valence-corrected chi connectivity index (χ1v) is 16.7. The van der Waals surface area contributed by atoms with Gasteiger partial charge in [-0.1, -0.05) is 84.6 Å². The smallest absolute Gasteiger partial charge is 0.323 e. The van der Waals surface area contributed by atoms with Gasteiger partial charge in [-0.2, -0.15) is 0 Å². The SMILES string of the molecule is Cc1nnc(SC[C@H]2O[C@@H](c3cccc(NC(=O)Nc4ccc(Oc5ccccc5)cc4)c3)O[C@@H](c3ccc(CO)cc3)[C@H]2C)s1. The van der Waals surface area contributed by atoms with Gasteiger partial charge in [0, 0.05) is 28.6 Å². The zero-order valence-electron chi connectivity index (χ0n) is 25.3. The topological polar surface area (TPSA) is 115 Å². The van der Waals surface area contributed by atoms with E-state index in [0.29, 0.717) is 22.9 Å². The van der Waals surface area contributed by atoms with Gasteiger partial charge in [0.2, 0.25) is 0 Å². The molecule has 1 aliphatic heterocycles. The molecule has 236 valence electrons. The molecule has 0 unspecified atom stereocenters. The lowest BCUT2D eigenvalue weighted by molar-refractivity contribution is -0.268. The molecule has 0 bridgehead atoms. The van der Waals surface area contributed by atoms with Gasteiger partial charge in [0.15, 0.2) is 10.6 Å². The number of amides is 2. The van der Waals surface area contributed by atoms with Crippen LogP contribution in [-0.4, -0.2) is 33.2 Å². The van der Waals surface area contributed by atoms with Crippen LogP contribution < -0.4 is 15.4 Å². The van der Waals surface area contributed by atoms with Gasteiger partial charge in [-0.15, -0.1) is 10.2 Å². The lowest BCUT2D eigenvalue weighted by atomic mass is 9.91. The van der Waals surface area contributed by atoms with E-state index in [1.165, 1.54) is 0 Å². The molecule has 1 aliphatic rings. The van der Waals surface area contributed by atoms with Crippen LogP contribution in [0.4, 0.5) is 16.2 Å². The number of nitrogens with zero attached hydrogens (tertiary/aromatic N) is 2. The van der Waals surface area contributed by atoms with Gasteiger partial charge in [-0.25, -0.2) is 4.79 Å². The second-order valence-electron chi connectivity index (χ2n) is 10.9. The summed E-state index contributed by atoms with van der Waals surface area (Å²) in [6.07, 6.45) is -1.06. The molecule has 9 nitrogen and oxygen atoms in total. The molecule has 1 aromatic heterocycles. The van der Waals surface area contributed by atoms with Crippen molar-refractivity contribution in [3.63, 3.8) is 0 Å². The summed E-state index contributed by atoms with van der Waals surface area (Å²) in [6.45, 7) is 4.05. The van der Waals surface area contributed by atoms with Crippen LogP contribution in [0.1, 0.15) is 41.0 Å². The van der Waals surface area contributed by atoms with Gasteiger partial charge in [0.1, 0.15) is 16.5 Å². The van der Waals surface area contributed by atoms with Crippen molar-refractivity contribution in [3.05, 3.63) is 125 Å². The van der Waals surface area contributed by atoms with E-state index in [-0.39, 0.29) is 30.8 Å². The van der Waals surface area contributed by atoms with E-state index in [1.54, 1.807) is 47.4 Å². The number of para-hydroxylation sites is 1. The third-order valence-electron chi connectivity index (χ3n) is 7.51. The van der Waals surface area contributed by atoms with E-state index in [0.717, 1.165) is 31.8 Å². The van der Waals surface area contributed by atoms with Gasteiger partial charge in [0.25, 0.3) is 0 Å². The zero-order valence-corrected chi connectivity index (χ0v) is 27.0. The zero-order chi connectivity index (χ0) is 31.9. The van der Waals surface area contributed by atoms with Crippen molar-refractivity contribution in [3.8, 4) is 11.5 Å². The highest BCUT2D eigenvalue weighted by Gasteiger charge is 2.38. The fraction of sp³-hybridized carbons (Fsp3) is 0.229. The Hall–Kier alpha value is -4.26. The first-order valence-electron chi connectivity index (χ1n) is 14.9. The highest BCUT2D eigenvalue weighted by molar-refractivity contribution is 8.01. The van der Waals surface area contributed by atoms with E-state index >= 15 is 0 Å². The van der Waals surface area contributed by atoms with Crippen LogP contribution in [0.25, 0.3) is 0 Å². The molecule has 2 heterocycles. The van der Waals surface area contributed by atoms with Crippen LogP contribution >= 0.6 is 23.1 Å². The van der Waals surface area contributed by atoms with E-state index in [1.807, 2.05) is 85.8 Å². The molecular formula is C35H34N4O5S2. The summed E-state index contributed by atoms with van der Waals surface area (Å²) in [5, 5.41) is 24.6. The molecule has 0 aliphatic carbocycles. The van der Waals surface area contributed by atoms with Crippen molar-refractivity contribution < 1.29 is 24.1 Å². The Bertz CT molecular complexity index is 1730. The number of aliphatic hydroxyl groups is 1. The van der Waals surface area contributed by atoms with Crippen LogP contribution in [0.3, 0.4) is 0 Å². The van der Waals surface area contributed by atoms with Crippen LogP contribution in [0.15, 0.2) is 107 Å². The number of hydrogen-bond donors (Lipinski definition) is 3. The number of ether oxygens (including phenoxy) is 3. The number of rotatable bonds is 10. The number of benzene rings is 4. The highest BCUT2D eigenvalue weighted by Crippen LogP contribution is 2.43. The maximum Gasteiger partial charge on any atom is 0.323 e. The average Bonchev–Trinajstić information content (AvgIpc) is 3.50. The standard InChI is InChI=1S/C35H34N4O5S2/c1-22-31(21-45-35-39-38-23(2)46-35)43-33(44-32(22)25-13-11-24(20-40)12-14-25)26-7-6-8-28(19-26)37-34(41)36-27-15-17-30(18-16-27)42-29-9-4-3-5-10-29/h3-19,22,31-33,40H,20-21H2,1-2H3,(H2,36,37,41)/t22-,31+,32+,33+/m0/s1. The number of urea groups is 1. The lowest BCUT2D eigenvalue weighted by Gasteiger charge is -2.41. The summed E-state index contributed by atoms with van der Waals surface area (Å²) in [6, 6.07) is 31.6. The van der Waals surface area contributed by atoms with Gasteiger partial charge in [-0.3, -0.25) is 0 Å². The van der Waals surface area contributed by atoms with Gasteiger partial charge in [0.05, 0.1) is 18.8 Å². The number of aromatic nitrogens is 2. The fourth-order valence-electron chi connectivity index (χ4n) is 5.09. The Balaban J connectivity index is 1.14. The molecule has 11 heteroatoms. The molecule has 5 aromatic rings. The minimum atomic E-state index is -0.664. The minimum Gasteiger partial charge on any atom is -0.457 e. The minimum absolute atomic E-state index is 0.0189. The molecule has 0 spiro atoms. The molecule has 4 aromatic carbocycles. The van der Waals surface area contributed by atoms with Crippen LogP contribution in [-0.2, 0) is 16.1 Å². The molecule has 4 atom stereocenters. The van der Waals surface area contributed by atoms with Gasteiger partial charge >= 0.3 is 6.03 Å². The number of aliphatic hydroxyl groups excluding tert-OH is 1. The van der Waals surface area contributed by atoms with Crippen molar-refractivity contribution in [2.45, 2.75) is 43.3 Å². The molecule has 46 heavy (non-hydrogen) atoms. The molecule has 1 fully saturated rings. The van der Waals surface area contributed by atoms with Crippen molar-refractivity contribution >= 4 is 40.5 Å². The second-order valence-corrected chi connectivity index (χ2v) is 13.3. The number of anilines is 2. The number of carbonyl (C=O) groups is 1. The van der Waals surface area contributed by atoms with Crippen molar-refractivity contribution in [2.24, 2.45) is 5.92 Å². The molecule has 0 saturated carbocycles. The molecule has 1 saturated heterocycles. The van der Waals surface area contributed by atoms with E-state index in [4.69, 9.17) is 14.2 Å². The van der Waals surface area contributed by atoms with E-state index in [9.17, 15) is 9.90 Å². The van der Waals surface area contributed by atoms with Crippen molar-refractivity contribution in [2.75, 3.05) is 16.4 Å². The predicted octanol–water partition coefficient (Wildman–Crippen LogP) is 8.36. The fourth-order valence-corrected chi connectivity index (χ4v) is 7.09. The lowest BCUT2D eigenvalue weighted by Crippen LogP contribution is -2.38. The molecule has 2 amide bonds. The first-order chi connectivity index (χ1) is 22.4. The second kappa shape index (κ2) is 14.9. The van der Waals surface area contributed by atoms with Crippen LogP contribution in [0.5, 0.6) is 11.5 Å². The summed E-state index contributed by atoms with van der Waals surface area (Å²) >= 11 is 3.19. The Morgan fingerprint density at radius 2 is 1.61 bits per heavy atom. The highest BCUT2D eigenvalue weighted by atomic mass is 32.2. The van der Waals surface area contributed by atoms with Crippen molar-refractivity contribution in [1.29, 1.82) is 0 Å². The quantitative estimate of drug-likeness (QED) is 0.129. The summed E-state index contributed by atoms with van der Waals surface area (Å²) < 4.78 is 19.9. The molecule has 6 rings (SSSR count). The Morgan fingerprint density at radius 1 is 0.870 bits per heavy atom. The first kappa shape index (κ1) is 31.7. The number of hydrogen-bond acceptors (Lipinski definition) is 9. The maximum absolute atomic E-state index is 12.9. The molecular weight excluding hydrogens is 621 g/mol. The van der Waals surface area contributed by atoms with E-state index in [2.05, 4.69) is 27.8 Å². The summed E-state index contributed by atoms with van der Waals surface area (Å²) in [5.74, 6) is 2.12. The van der Waals surface area contributed by atoms with Crippen LogP contribution in [0.2, 0.25) is 0 Å². The number of thioether (sulfide) groups is 1. The molecule has 3 N–H and O–H groups in total. The predicted molar refractivity (Wildman–Crippen MR) is 180 cm³/mol. The number of aryl methyl sites for hydroxylation is 1. The molecule has 0 radical (unpaired) electrons. The van der Waals surface area contributed by atoms with E-state index < -0.39 is 6.29 Å². The largest absolute Gasteiger partial charge is 0.457 e. The summed E-state index contributed by atoms with van der Waals surface area (Å²) in [7, 11) is 0. The maximum atomic E-state index is 12.9. The third-order valence-corrected chi connectivity index (χ3v) is 9.57. The Kier molecular flexibility index (Phi) is 10.3. The van der Waals surface area contributed by atoms with Crippen molar-refractivity contribution in [1.82, 2.24) is 10.2 Å². The average molecular weight is 655 g/mol. The monoisotopic (exact) mass is 654 g/mol. The van der Waals surface area contributed by atoms with Gasteiger partial charge < -0.3 is 30.0 Å². The third kappa shape index (κ3) is 8.11. The summed E-state index contributed by atoms with van der Waals surface area (Å²) in [5.41, 5.74) is 3.86. The number of nitrogens with one attached hydrogen (secondary N) is 2. The normalized spacial score (nSPS) is 19.4.